The molecule has 0 radical (unpaired) electrons. The molecule has 0 bridgehead atoms. The molecule has 3 aliphatic rings. The summed E-state index contributed by atoms with van der Waals surface area (Å²) in [5.74, 6) is 1.98. The molecule has 3 aliphatic heterocycles. The second-order valence-electron chi connectivity index (χ2n) is 16.3. The normalized spacial score (nSPS) is 19.0. The lowest BCUT2D eigenvalue weighted by atomic mass is 10.0. The highest BCUT2D eigenvalue weighted by molar-refractivity contribution is 8.00. The summed E-state index contributed by atoms with van der Waals surface area (Å²) in [5.41, 5.74) is 4.94. The number of nitrogens with one attached hydrogen (secondary N) is 7. The van der Waals surface area contributed by atoms with E-state index in [2.05, 4.69) is 63.9 Å². The van der Waals surface area contributed by atoms with Crippen LogP contribution in [0.15, 0.2) is 80.9 Å². The number of urea groups is 1. The van der Waals surface area contributed by atoms with Gasteiger partial charge in [-0.3, -0.25) is 10.1 Å². The number of hydrogen-bond acceptors (Lipinski definition) is 13. The number of nitrogens with zero attached hydrogens (tertiary/aromatic N) is 3. The summed E-state index contributed by atoms with van der Waals surface area (Å²) in [4.78, 5) is 60.0. The monoisotopic (exact) mass is 876 g/mol. The predicted octanol–water partition coefficient (Wildman–Crippen LogP) is 6.39. The minimum Gasteiger partial charge on any atom is -0.464 e. The Kier molecular flexibility index (Phi) is 14.6. The summed E-state index contributed by atoms with van der Waals surface area (Å²) in [6.07, 6.45) is 14.6. The second-order valence-corrected chi connectivity index (χ2v) is 17.6. The van der Waals surface area contributed by atoms with Gasteiger partial charge >= 0.3 is 11.7 Å². The zero-order chi connectivity index (χ0) is 43.5. The molecule has 7 N–H and O–H groups in total. The van der Waals surface area contributed by atoms with Crippen LogP contribution >= 0.6 is 11.8 Å². The number of anilines is 3. The lowest BCUT2D eigenvalue weighted by molar-refractivity contribution is -0.117. The highest BCUT2D eigenvalue weighted by atomic mass is 32.2. The molecular formula is C46H56N10O6S. The molecule has 17 heteroatoms. The van der Waals surface area contributed by atoms with E-state index in [-0.39, 0.29) is 29.6 Å². The number of fused-ring (bicyclic) bond motifs is 5. The van der Waals surface area contributed by atoms with Gasteiger partial charge in [0.25, 0.3) is 5.91 Å². The van der Waals surface area contributed by atoms with Crippen LogP contribution in [0.5, 0.6) is 0 Å². The van der Waals surface area contributed by atoms with Crippen molar-refractivity contribution in [3.63, 3.8) is 0 Å². The maximum Gasteiger partial charge on any atom is 0.336 e. The highest BCUT2D eigenvalue weighted by Gasteiger charge is 2.42. The Morgan fingerprint density at radius 2 is 1.67 bits per heavy atom. The van der Waals surface area contributed by atoms with Gasteiger partial charge in [0.1, 0.15) is 30.0 Å². The van der Waals surface area contributed by atoms with Gasteiger partial charge in [0.2, 0.25) is 0 Å². The molecule has 6 aromatic rings. The number of hydrogen-bond donors (Lipinski definition) is 7. The van der Waals surface area contributed by atoms with Crippen LogP contribution in [0.2, 0.25) is 0 Å². The molecule has 16 nitrogen and oxygen atoms in total. The first-order valence-electron chi connectivity index (χ1n) is 22.0. The molecular weight excluding hydrogens is 821 g/mol. The summed E-state index contributed by atoms with van der Waals surface area (Å²) >= 11 is 1.97. The van der Waals surface area contributed by atoms with Gasteiger partial charge in [0, 0.05) is 57.0 Å². The van der Waals surface area contributed by atoms with Gasteiger partial charge in [-0.1, -0.05) is 37.5 Å². The fourth-order valence-electron chi connectivity index (χ4n) is 9.09. The highest BCUT2D eigenvalue weighted by Crippen LogP contribution is 2.34. The quantitative estimate of drug-likeness (QED) is 0.0238. The first-order chi connectivity index (χ1) is 31.0. The van der Waals surface area contributed by atoms with E-state index in [1.807, 2.05) is 55.1 Å². The largest absolute Gasteiger partial charge is 0.464 e. The molecule has 0 saturated carbocycles. The summed E-state index contributed by atoms with van der Waals surface area (Å²) < 4.78 is 11.5. The number of para-hydroxylation sites is 1. The van der Waals surface area contributed by atoms with E-state index in [0.717, 1.165) is 117 Å². The standard InChI is InChI=1S/C45H54N10O5S.CH2O/c56-36-15-14-28-24-29-17-23-59-39(29)32(40(28)60-36)11-3-1-2-7-20-55(21-8-6-13-35-37-34(26-61-35)51-45(58)53-37)22-9-18-46-43-44(57)52-38-41(49-27-50-42(38)54-43)47-19-16-30-25-48-33-12-5-4-10-31(30)33;1-2/h4-5,10,12,14-15,17,23-25,27,34-35,37,43,46,48H,1-3,6-9,11,13,16,18-22,26H2,(H,52,57)(H2,51,53,58)(H2,47,49,50,54);1H2. The second kappa shape index (κ2) is 21.0. The van der Waals surface area contributed by atoms with Crippen LogP contribution in [0.25, 0.3) is 32.8 Å². The summed E-state index contributed by atoms with van der Waals surface area (Å²) in [7, 11) is 0. The van der Waals surface area contributed by atoms with E-state index in [9.17, 15) is 14.4 Å². The average Bonchev–Trinajstić information content (AvgIpc) is 4.11. The van der Waals surface area contributed by atoms with Gasteiger partial charge in [-0.05, 0) is 101 Å². The number of carbonyl (C=O) groups is 3. The number of thioether (sulfide) groups is 1. The van der Waals surface area contributed by atoms with Gasteiger partial charge < -0.3 is 50.1 Å². The van der Waals surface area contributed by atoms with Crippen LogP contribution in [0.4, 0.5) is 22.1 Å². The van der Waals surface area contributed by atoms with E-state index in [1.165, 1.54) is 23.3 Å². The molecule has 2 saturated heterocycles. The minimum absolute atomic E-state index is 0.0358. The van der Waals surface area contributed by atoms with E-state index < -0.39 is 6.17 Å². The third kappa shape index (κ3) is 10.5. The Morgan fingerprint density at radius 1 is 0.841 bits per heavy atom. The fraction of sp³-hybridized carbons (Fsp3) is 0.435. The number of unbranched alkanes of at least 4 members (excludes halogenated alkanes) is 4. The van der Waals surface area contributed by atoms with Crippen LogP contribution in [0.3, 0.4) is 0 Å². The van der Waals surface area contributed by atoms with E-state index in [1.54, 1.807) is 6.26 Å². The fourth-order valence-corrected chi connectivity index (χ4v) is 10.6. The van der Waals surface area contributed by atoms with Gasteiger partial charge in [-0.2, -0.15) is 11.8 Å². The number of rotatable bonds is 21. The topological polar surface area (TPSA) is 212 Å². The maximum atomic E-state index is 13.3. The maximum absolute atomic E-state index is 13.3. The van der Waals surface area contributed by atoms with Crippen molar-refractivity contribution in [3.8, 4) is 0 Å². The van der Waals surface area contributed by atoms with Crippen molar-refractivity contribution in [3.05, 3.63) is 88.9 Å². The Morgan fingerprint density at radius 3 is 2.57 bits per heavy atom. The van der Waals surface area contributed by atoms with Gasteiger partial charge in [0.15, 0.2) is 17.8 Å². The molecule has 4 unspecified atom stereocenters. The molecule has 4 atom stereocenters. The van der Waals surface area contributed by atoms with Crippen LogP contribution in [-0.2, 0) is 22.4 Å². The molecule has 332 valence electrons. The van der Waals surface area contributed by atoms with E-state index in [4.69, 9.17) is 13.6 Å². The van der Waals surface area contributed by atoms with Crippen molar-refractivity contribution in [2.45, 2.75) is 87.7 Å². The number of carbonyl (C=O) groups excluding carboxylic acids is 3. The Bertz CT molecular complexity index is 2560. The Hall–Kier alpha value is -5.91. The van der Waals surface area contributed by atoms with Crippen molar-refractivity contribution >= 4 is 80.7 Å². The lowest BCUT2D eigenvalue weighted by Gasteiger charge is -2.28. The van der Waals surface area contributed by atoms with Crippen LogP contribution in [-0.4, -0.2) is 101 Å². The van der Waals surface area contributed by atoms with Crippen LogP contribution in [0, 0.1) is 0 Å². The molecule has 63 heavy (non-hydrogen) atoms. The van der Waals surface area contributed by atoms with Crippen molar-refractivity contribution in [1.29, 1.82) is 0 Å². The average molecular weight is 877 g/mol. The molecule has 9 rings (SSSR count). The number of aryl methyl sites for hydroxylation is 1. The number of H-pyrrole nitrogens is 1. The Balaban J connectivity index is 0.00000268. The van der Waals surface area contributed by atoms with Gasteiger partial charge in [-0.15, -0.1) is 0 Å². The third-order valence-corrected chi connectivity index (χ3v) is 13.7. The molecule has 3 amide bonds. The van der Waals surface area contributed by atoms with Crippen molar-refractivity contribution in [2.75, 3.05) is 54.4 Å². The first-order valence-corrected chi connectivity index (χ1v) is 23.1. The van der Waals surface area contributed by atoms with Crippen LogP contribution < -0.4 is 37.5 Å². The molecule has 0 spiro atoms. The summed E-state index contributed by atoms with van der Waals surface area (Å²) in [6.45, 7) is 6.23. The minimum atomic E-state index is -0.606. The number of furan rings is 1. The summed E-state index contributed by atoms with van der Waals surface area (Å²) in [5, 5.41) is 22.9. The molecule has 7 heterocycles. The number of aromatic amines is 1. The number of benzene rings is 2. The number of amides is 3. The zero-order valence-electron chi connectivity index (χ0n) is 35.4. The van der Waals surface area contributed by atoms with Gasteiger partial charge in [0.05, 0.1) is 18.3 Å². The Labute approximate surface area is 369 Å². The number of aromatic nitrogens is 3. The molecule has 2 fully saturated rings. The van der Waals surface area contributed by atoms with Crippen molar-refractivity contribution in [1.82, 2.24) is 35.8 Å². The SMILES string of the molecule is C=O.O=C1NC2CSC(CCCCN(CCCCCCc3c4occc4cc4ccc(=O)oc34)CCCNC3Nc4ncnc(NCCc5c[nH]c6ccccc56)c4NC3=O)C2N1. The first kappa shape index (κ1) is 43.7. The molecule has 2 aromatic carbocycles. The zero-order valence-corrected chi connectivity index (χ0v) is 36.2. The van der Waals surface area contributed by atoms with E-state index in [0.29, 0.717) is 41.2 Å². The molecule has 4 aromatic heterocycles. The van der Waals surface area contributed by atoms with Crippen molar-refractivity contribution < 1.29 is 23.2 Å². The predicted molar refractivity (Wildman–Crippen MR) is 249 cm³/mol. The van der Waals surface area contributed by atoms with Crippen LogP contribution in [0.1, 0.15) is 62.5 Å². The van der Waals surface area contributed by atoms with E-state index >= 15 is 0 Å². The van der Waals surface area contributed by atoms with Crippen molar-refractivity contribution in [2.24, 2.45) is 0 Å². The van der Waals surface area contributed by atoms with Gasteiger partial charge in [-0.25, -0.2) is 19.6 Å². The lowest BCUT2D eigenvalue weighted by Crippen LogP contribution is -2.50. The smallest absolute Gasteiger partial charge is 0.336 e. The summed E-state index contributed by atoms with van der Waals surface area (Å²) in [6, 6.07) is 16.0. The third-order valence-electron chi connectivity index (χ3n) is 12.2. The molecule has 0 aliphatic carbocycles.